The summed E-state index contributed by atoms with van der Waals surface area (Å²) in [5.41, 5.74) is -0.179. The van der Waals surface area contributed by atoms with Crippen molar-refractivity contribution in [2.45, 2.75) is 13.3 Å². The van der Waals surface area contributed by atoms with Gasteiger partial charge in [-0.1, -0.05) is 0 Å². The van der Waals surface area contributed by atoms with Crippen LogP contribution in [0.3, 0.4) is 0 Å². The Kier molecular flexibility index (Phi) is 3.25. The topological polar surface area (TPSA) is 73.4 Å². The third-order valence-corrected chi connectivity index (χ3v) is 3.84. The number of carbonyl (C=O) groups is 1. The summed E-state index contributed by atoms with van der Waals surface area (Å²) >= 11 is 1.31. The van der Waals surface area contributed by atoms with Crippen molar-refractivity contribution < 1.29 is 4.79 Å². The largest absolute Gasteiger partial charge is 0.332 e. The van der Waals surface area contributed by atoms with Gasteiger partial charge in [0.25, 0.3) is 5.56 Å². The van der Waals surface area contributed by atoms with Gasteiger partial charge in [0, 0.05) is 20.5 Å². The number of nitrogens with zero attached hydrogens (tertiary/aromatic N) is 3. The first kappa shape index (κ1) is 12.8. The minimum absolute atomic E-state index is 0.0560. The summed E-state index contributed by atoms with van der Waals surface area (Å²) in [4.78, 5) is 38.8. The Labute approximate surface area is 107 Å². The van der Waals surface area contributed by atoms with Gasteiger partial charge in [0.1, 0.15) is 11.6 Å². The molecule has 7 heteroatoms. The normalized spacial score (nSPS) is 13.4. The van der Waals surface area contributed by atoms with Crippen LogP contribution in [0.4, 0.5) is 5.82 Å². The van der Waals surface area contributed by atoms with Crippen molar-refractivity contribution >= 4 is 28.4 Å². The lowest BCUT2D eigenvalue weighted by atomic mass is 10.2. The molecule has 2 rings (SSSR count). The van der Waals surface area contributed by atoms with Crippen molar-refractivity contribution in [3.8, 4) is 0 Å². The van der Waals surface area contributed by atoms with Crippen molar-refractivity contribution in [3.05, 3.63) is 26.4 Å². The van der Waals surface area contributed by atoms with Crippen molar-refractivity contribution in [1.29, 1.82) is 0 Å². The van der Waals surface area contributed by atoms with Gasteiger partial charge in [-0.05, 0) is 6.92 Å². The molecule has 96 valence electrons. The van der Waals surface area contributed by atoms with E-state index in [-0.39, 0.29) is 17.0 Å². The average Bonchev–Trinajstić information content (AvgIpc) is 2.75. The number of aromatic nitrogens is 2. The van der Waals surface area contributed by atoms with E-state index in [2.05, 4.69) is 4.99 Å². The SMILES string of the molecule is CC(=O)CSC1=Nc2c(c(=O)n(C)c(=O)n2C)C1. The molecule has 0 saturated heterocycles. The highest BCUT2D eigenvalue weighted by molar-refractivity contribution is 8.14. The Bertz CT molecular complexity index is 669. The number of hydrogen-bond donors (Lipinski definition) is 0. The number of carbonyl (C=O) groups excluding carboxylic acids is 1. The molecule has 1 aromatic heterocycles. The molecule has 0 spiro atoms. The van der Waals surface area contributed by atoms with E-state index in [1.165, 1.54) is 30.3 Å². The van der Waals surface area contributed by atoms with Crippen LogP contribution < -0.4 is 11.2 Å². The van der Waals surface area contributed by atoms with Gasteiger partial charge in [0.15, 0.2) is 0 Å². The maximum atomic E-state index is 11.9. The molecule has 1 aliphatic heterocycles. The number of Topliss-reactive ketones (excluding diaryl/α,β-unsaturated/α-hetero) is 1. The second kappa shape index (κ2) is 4.56. The first-order valence-corrected chi connectivity index (χ1v) is 6.39. The average molecular weight is 267 g/mol. The van der Waals surface area contributed by atoms with Crippen molar-refractivity contribution in [2.75, 3.05) is 5.75 Å². The summed E-state index contributed by atoms with van der Waals surface area (Å²) in [6.45, 7) is 1.50. The molecule has 0 atom stereocenters. The second-order valence-corrected chi connectivity index (χ2v) is 5.23. The molecule has 0 saturated carbocycles. The third-order valence-electron chi connectivity index (χ3n) is 2.72. The van der Waals surface area contributed by atoms with Crippen molar-refractivity contribution in [1.82, 2.24) is 9.13 Å². The van der Waals surface area contributed by atoms with Crippen LogP contribution in [-0.4, -0.2) is 25.7 Å². The lowest BCUT2D eigenvalue weighted by Crippen LogP contribution is -2.38. The summed E-state index contributed by atoms with van der Waals surface area (Å²) in [5, 5.41) is 0.707. The van der Waals surface area contributed by atoms with Gasteiger partial charge in [-0.15, -0.1) is 11.8 Å². The highest BCUT2D eigenvalue weighted by Gasteiger charge is 2.23. The van der Waals surface area contributed by atoms with Crippen LogP contribution in [0.25, 0.3) is 0 Å². The first-order chi connectivity index (χ1) is 8.41. The minimum Gasteiger partial charge on any atom is -0.299 e. The molecule has 0 amide bonds. The van der Waals surface area contributed by atoms with E-state index in [0.29, 0.717) is 28.6 Å². The van der Waals surface area contributed by atoms with Crippen LogP contribution in [-0.2, 0) is 25.3 Å². The van der Waals surface area contributed by atoms with E-state index in [1.807, 2.05) is 0 Å². The molecule has 0 radical (unpaired) electrons. The van der Waals surface area contributed by atoms with E-state index in [4.69, 9.17) is 0 Å². The number of ketones is 1. The number of hydrogen-bond acceptors (Lipinski definition) is 5. The van der Waals surface area contributed by atoms with Crippen LogP contribution >= 0.6 is 11.8 Å². The standard InChI is InChI=1S/C11H13N3O3S/c1-6(15)5-18-8-4-7-9(12-8)13(2)11(17)14(3)10(7)16/h4-5H2,1-3H3. The molecule has 2 heterocycles. The zero-order chi connectivity index (χ0) is 13.4. The minimum atomic E-state index is -0.389. The number of rotatable bonds is 2. The lowest BCUT2D eigenvalue weighted by molar-refractivity contribution is -0.114. The summed E-state index contributed by atoms with van der Waals surface area (Å²) < 4.78 is 2.44. The fraction of sp³-hybridized carbons (Fsp3) is 0.455. The highest BCUT2D eigenvalue weighted by atomic mass is 32.2. The Hall–Kier alpha value is -1.63. The van der Waals surface area contributed by atoms with E-state index in [0.717, 1.165) is 4.57 Å². The first-order valence-electron chi connectivity index (χ1n) is 5.40. The fourth-order valence-corrected chi connectivity index (χ4v) is 2.54. The van der Waals surface area contributed by atoms with Gasteiger partial charge < -0.3 is 0 Å². The van der Waals surface area contributed by atoms with Gasteiger partial charge in [0.2, 0.25) is 0 Å². The molecule has 0 aliphatic carbocycles. The summed E-state index contributed by atoms with van der Waals surface area (Å²) in [7, 11) is 3.04. The Morgan fingerprint density at radius 1 is 1.33 bits per heavy atom. The van der Waals surface area contributed by atoms with Crippen LogP contribution in [0, 0.1) is 0 Å². The quantitative estimate of drug-likeness (QED) is 0.755. The Balaban J connectivity index is 2.42. The smallest absolute Gasteiger partial charge is 0.299 e. The molecular weight excluding hydrogens is 254 g/mol. The van der Waals surface area contributed by atoms with E-state index in [1.54, 1.807) is 7.05 Å². The Morgan fingerprint density at radius 2 is 2.00 bits per heavy atom. The molecule has 6 nitrogen and oxygen atoms in total. The molecule has 1 aromatic rings. The maximum Gasteiger partial charge on any atom is 0.332 e. The van der Waals surface area contributed by atoms with Crippen molar-refractivity contribution in [3.63, 3.8) is 0 Å². The van der Waals surface area contributed by atoms with Crippen LogP contribution in [0.2, 0.25) is 0 Å². The molecular formula is C11H13N3O3S. The zero-order valence-electron chi connectivity index (χ0n) is 10.4. The Morgan fingerprint density at radius 3 is 2.61 bits per heavy atom. The summed E-state index contributed by atoms with van der Waals surface area (Å²) in [6, 6.07) is 0. The van der Waals surface area contributed by atoms with Gasteiger partial charge in [-0.3, -0.25) is 18.7 Å². The molecule has 1 aliphatic rings. The fourth-order valence-electron chi connectivity index (χ4n) is 1.78. The molecule has 0 fully saturated rings. The van der Waals surface area contributed by atoms with Crippen LogP contribution in [0.5, 0.6) is 0 Å². The van der Waals surface area contributed by atoms with E-state index < -0.39 is 0 Å². The predicted octanol–water partition coefficient (Wildman–Crippen LogP) is -0.00770. The second-order valence-electron chi connectivity index (χ2n) is 4.18. The number of thioether (sulfide) groups is 1. The predicted molar refractivity (Wildman–Crippen MR) is 70.9 cm³/mol. The van der Waals surface area contributed by atoms with Gasteiger partial charge in [0.05, 0.1) is 16.4 Å². The van der Waals surface area contributed by atoms with Gasteiger partial charge in [-0.25, -0.2) is 9.79 Å². The number of fused-ring (bicyclic) bond motifs is 1. The molecule has 0 aromatic carbocycles. The monoisotopic (exact) mass is 267 g/mol. The summed E-state index contributed by atoms with van der Waals surface area (Å²) in [5.74, 6) is 0.802. The van der Waals surface area contributed by atoms with Crippen molar-refractivity contribution in [2.24, 2.45) is 19.1 Å². The van der Waals surface area contributed by atoms with Gasteiger partial charge in [-0.2, -0.15) is 0 Å². The lowest BCUT2D eigenvalue weighted by Gasteiger charge is -2.05. The highest BCUT2D eigenvalue weighted by Crippen LogP contribution is 2.26. The maximum absolute atomic E-state index is 11.9. The molecule has 0 unspecified atom stereocenters. The van der Waals surface area contributed by atoms with E-state index >= 15 is 0 Å². The third kappa shape index (κ3) is 2.05. The summed E-state index contributed by atoms with van der Waals surface area (Å²) in [6.07, 6.45) is 0.397. The van der Waals surface area contributed by atoms with Gasteiger partial charge >= 0.3 is 5.69 Å². The molecule has 0 bridgehead atoms. The van der Waals surface area contributed by atoms with Crippen LogP contribution in [0.1, 0.15) is 12.5 Å². The zero-order valence-corrected chi connectivity index (χ0v) is 11.2. The molecule has 0 N–H and O–H groups in total. The van der Waals surface area contributed by atoms with Crippen LogP contribution in [0.15, 0.2) is 14.6 Å². The number of aliphatic imine (C=N–C) groups is 1. The van der Waals surface area contributed by atoms with E-state index in [9.17, 15) is 14.4 Å². The molecule has 18 heavy (non-hydrogen) atoms.